The van der Waals surface area contributed by atoms with Crippen LogP contribution in [0.4, 0.5) is 0 Å². The van der Waals surface area contributed by atoms with Gasteiger partial charge in [0.15, 0.2) is 5.78 Å². The van der Waals surface area contributed by atoms with Gasteiger partial charge in [0, 0.05) is 17.3 Å². The van der Waals surface area contributed by atoms with Crippen molar-refractivity contribution in [3.05, 3.63) is 59.1 Å². The molecule has 0 fully saturated rings. The van der Waals surface area contributed by atoms with Gasteiger partial charge in [-0.15, -0.1) is 11.3 Å². The van der Waals surface area contributed by atoms with E-state index in [-0.39, 0.29) is 11.9 Å². The van der Waals surface area contributed by atoms with E-state index in [0.29, 0.717) is 11.1 Å². The Bertz CT molecular complexity index is 775. The van der Waals surface area contributed by atoms with Crippen LogP contribution >= 0.6 is 11.3 Å². The molecule has 0 N–H and O–H groups in total. The minimum atomic E-state index is -0.0195. The molecule has 1 aromatic carbocycles. The van der Waals surface area contributed by atoms with Gasteiger partial charge in [-0.3, -0.25) is 9.78 Å². The van der Waals surface area contributed by atoms with Crippen molar-refractivity contribution >= 4 is 27.3 Å². The summed E-state index contributed by atoms with van der Waals surface area (Å²) in [6.45, 7) is 3.95. The number of rotatable bonds is 4. The van der Waals surface area contributed by atoms with E-state index in [4.69, 9.17) is 4.74 Å². The molecule has 0 amide bonds. The SMILES string of the molecule is CC(C)Oc1ccc(C(=O)c2cnc3ccsc3c2)cc1. The van der Waals surface area contributed by atoms with Gasteiger partial charge >= 0.3 is 0 Å². The molecule has 0 spiro atoms. The number of hydrogen-bond acceptors (Lipinski definition) is 4. The molecule has 0 bridgehead atoms. The lowest BCUT2D eigenvalue weighted by molar-refractivity contribution is 0.103. The second-order valence-electron chi connectivity index (χ2n) is 5.05. The number of nitrogens with zero attached hydrogens (tertiary/aromatic N) is 1. The predicted octanol–water partition coefficient (Wildman–Crippen LogP) is 4.31. The summed E-state index contributed by atoms with van der Waals surface area (Å²) < 4.78 is 6.61. The number of aromatic nitrogens is 1. The number of carbonyl (C=O) groups excluding carboxylic acids is 1. The molecule has 3 rings (SSSR count). The van der Waals surface area contributed by atoms with Crippen molar-refractivity contribution in [3.63, 3.8) is 0 Å². The molecule has 2 heterocycles. The van der Waals surface area contributed by atoms with Crippen molar-refractivity contribution in [1.82, 2.24) is 4.98 Å². The first-order valence-corrected chi connectivity index (χ1v) is 7.66. The highest BCUT2D eigenvalue weighted by Crippen LogP contribution is 2.22. The lowest BCUT2D eigenvalue weighted by Gasteiger charge is -2.09. The average Bonchev–Trinajstić information content (AvgIpc) is 2.94. The highest BCUT2D eigenvalue weighted by molar-refractivity contribution is 7.17. The number of fused-ring (bicyclic) bond motifs is 1. The molecule has 2 aromatic heterocycles. The molecule has 4 heteroatoms. The van der Waals surface area contributed by atoms with E-state index in [1.807, 2.05) is 43.5 Å². The molecule has 0 aliphatic heterocycles. The number of benzene rings is 1. The summed E-state index contributed by atoms with van der Waals surface area (Å²) in [5, 5.41) is 1.98. The molecule has 0 aliphatic rings. The fourth-order valence-corrected chi connectivity index (χ4v) is 2.87. The number of ketones is 1. The quantitative estimate of drug-likeness (QED) is 0.673. The van der Waals surface area contributed by atoms with Crippen molar-refractivity contribution in [1.29, 1.82) is 0 Å². The first-order valence-electron chi connectivity index (χ1n) is 6.78. The Morgan fingerprint density at radius 3 is 2.62 bits per heavy atom. The van der Waals surface area contributed by atoms with Gasteiger partial charge < -0.3 is 4.74 Å². The van der Waals surface area contributed by atoms with Gasteiger partial charge in [-0.2, -0.15) is 0 Å². The van der Waals surface area contributed by atoms with Crippen LogP contribution in [0.2, 0.25) is 0 Å². The van der Waals surface area contributed by atoms with Crippen LogP contribution in [-0.4, -0.2) is 16.9 Å². The van der Waals surface area contributed by atoms with Gasteiger partial charge in [-0.1, -0.05) is 0 Å². The smallest absolute Gasteiger partial charge is 0.194 e. The van der Waals surface area contributed by atoms with Crippen LogP contribution in [0.25, 0.3) is 10.2 Å². The Balaban J connectivity index is 1.86. The van der Waals surface area contributed by atoms with Gasteiger partial charge in [0.1, 0.15) is 5.75 Å². The summed E-state index contributed by atoms with van der Waals surface area (Å²) in [6.07, 6.45) is 1.76. The number of thiophene rings is 1. The molecule has 0 saturated heterocycles. The Morgan fingerprint density at radius 1 is 1.14 bits per heavy atom. The fourth-order valence-electron chi connectivity index (χ4n) is 2.09. The van der Waals surface area contributed by atoms with Crippen LogP contribution in [0.3, 0.4) is 0 Å². The van der Waals surface area contributed by atoms with Crippen LogP contribution in [0.1, 0.15) is 29.8 Å². The first-order chi connectivity index (χ1) is 10.1. The summed E-state index contributed by atoms with van der Waals surface area (Å²) in [5.41, 5.74) is 2.18. The van der Waals surface area contributed by atoms with E-state index in [2.05, 4.69) is 4.98 Å². The van der Waals surface area contributed by atoms with Gasteiger partial charge in [0.05, 0.1) is 16.3 Å². The lowest BCUT2D eigenvalue weighted by atomic mass is 10.0. The van der Waals surface area contributed by atoms with Crippen LogP contribution in [0, 0.1) is 0 Å². The van der Waals surface area contributed by atoms with Crippen LogP contribution < -0.4 is 4.74 Å². The number of pyridine rings is 1. The number of ether oxygens (including phenoxy) is 1. The maximum atomic E-state index is 12.5. The summed E-state index contributed by atoms with van der Waals surface area (Å²) in [7, 11) is 0. The van der Waals surface area contributed by atoms with E-state index < -0.39 is 0 Å². The molecule has 0 aliphatic carbocycles. The Hall–Kier alpha value is -2.20. The topological polar surface area (TPSA) is 39.2 Å². The monoisotopic (exact) mass is 297 g/mol. The zero-order valence-corrected chi connectivity index (χ0v) is 12.7. The van der Waals surface area contributed by atoms with Crippen LogP contribution in [0.5, 0.6) is 5.75 Å². The van der Waals surface area contributed by atoms with E-state index >= 15 is 0 Å². The van der Waals surface area contributed by atoms with E-state index in [9.17, 15) is 4.79 Å². The zero-order valence-electron chi connectivity index (χ0n) is 11.9. The Morgan fingerprint density at radius 2 is 1.90 bits per heavy atom. The zero-order chi connectivity index (χ0) is 14.8. The molecule has 0 saturated carbocycles. The van der Waals surface area contributed by atoms with E-state index in [1.54, 1.807) is 29.7 Å². The molecule has 0 unspecified atom stereocenters. The minimum absolute atomic E-state index is 0.0195. The highest BCUT2D eigenvalue weighted by atomic mass is 32.1. The Kier molecular flexibility index (Phi) is 3.71. The second-order valence-corrected chi connectivity index (χ2v) is 6.00. The maximum Gasteiger partial charge on any atom is 0.194 e. The maximum absolute atomic E-state index is 12.5. The van der Waals surface area contributed by atoms with Gasteiger partial charge in [0.2, 0.25) is 0 Å². The summed E-state index contributed by atoms with van der Waals surface area (Å²) in [6, 6.07) is 11.1. The van der Waals surface area contributed by atoms with Crippen molar-refractivity contribution < 1.29 is 9.53 Å². The predicted molar refractivity (Wildman–Crippen MR) is 85.3 cm³/mol. The number of carbonyl (C=O) groups is 1. The molecular formula is C17H15NO2S. The minimum Gasteiger partial charge on any atom is -0.491 e. The third kappa shape index (κ3) is 2.95. The van der Waals surface area contributed by atoms with Crippen molar-refractivity contribution in [2.75, 3.05) is 0 Å². The molecule has 0 atom stereocenters. The lowest BCUT2D eigenvalue weighted by Crippen LogP contribution is -2.06. The molecule has 0 radical (unpaired) electrons. The standard InChI is InChI=1S/C17H15NO2S/c1-11(2)20-14-5-3-12(4-6-14)17(19)13-9-16-15(18-10-13)7-8-21-16/h3-11H,1-2H3. The fraction of sp³-hybridized carbons (Fsp3) is 0.176. The summed E-state index contributed by atoms with van der Waals surface area (Å²) >= 11 is 1.59. The summed E-state index contributed by atoms with van der Waals surface area (Å²) in [4.78, 5) is 16.8. The third-order valence-electron chi connectivity index (χ3n) is 3.05. The molecular weight excluding hydrogens is 282 g/mol. The van der Waals surface area contributed by atoms with Crippen LogP contribution in [-0.2, 0) is 0 Å². The van der Waals surface area contributed by atoms with Gasteiger partial charge in [-0.25, -0.2) is 0 Å². The van der Waals surface area contributed by atoms with Crippen molar-refractivity contribution in [2.45, 2.75) is 20.0 Å². The highest BCUT2D eigenvalue weighted by Gasteiger charge is 2.11. The first kappa shape index (κ1) is 13.8. The second kappa shape index (κ2) is 5.66. The average molecular weight is 297 g/mol. The molecule has 3 aromatic rings. The largest absolute Gasteiger partial charge is 0.491 e. The molecule has 21 heavy (non-hydrogen) atoms. The third-order valence-corrected chi connectivity index (χ3v) is 3.91. The van der Waals surface area contributed by atoms with Crippen molar-refractivity contribution in [3.8, 4) is 5.75 Å². The molecule has 3 nitrogen and oxygen atoms in total. The number of hydrogen-bond donors (Lipinski definition) is 0. The van der Waals surface area contributed by atoms with Gasteiger partial charge in [-0.05, 0) is 55.6 Å². The van der Waals surface area contributed by atoms with Crippen molar-refractivity contribution in [2.24, 2.45) is 0 Å². The summed E-state index contributed by atoms with van der Waals surface area (Å²) in [5.74, 6) is 0.752. The van der Waals surface area contributed by atoms with Gasteiger partial charge in [0.25, 0.3) is 0 Å². The van der Waals surface area contributed by atoms with E-state index in [1.165, 1.54) is 0 Å². The van der Waals surface area contributed by atoms with E-state index in [0.717, 1.165) is 16.0 Å². The molecule has 106 valence electrons. The van der Waals surface area contributed by atoms with Crippen LogP contribution in [0.15, 0.2) is 48.0 Å². The normalized spacial score (nSPS) is 11.0. The Labute approximate surface area is 127 Å².